The maximum absolute atomic E-state index is 10.1. The zero-order valence-electron chi connectivity index (χ0n) is 14.2. The summed E-state index contributed by atoms with van der Waals surface area (Å²) in [4.78, 5) is 23.9. The number of allylic oxidation sites excluding steroid dienone is 1. The molecule has 0 radical (unpaired) electrons. The van der Waals surface area contributed by atoms with Gasteiger partial charge in [-0.15, -0.1) is 0 Å². The van der Waals surface area contributed by atoms with Gasteiger partial charge in [0, 0.05) is 11.1 Å². The number of hydrogen-bond donors (Lipinski definition) is 2. The van der Waals surface area contributed by atoms with Crippen molar-refractivity contribution in [3.63, 3.8) is 0 Å². The third-order valence-corrected chi connectivity index (χ3v) is 2.69. The molecule has 23 heavy (non-hydrogen) atoms. The van der Waals surface area contributed by atoms with Gasteiger partial charge in [-0.2, -0.15) is 0 Å². The molecule has 1 aliphatic heterocycles. The highest BCUT2D eigenvalue weighted by atomic mass is 16.5. The molecule has 0 saturated carbocycles. The first-order chi connectivity index (χ1) is 10.8. The Balaban J connectivity index is 0. The predicted octanol–water partition coefficient (Wildman–Crippen LogP) is 3.46. The molecule has 0 spiro atoms. The van der Waals surface area contributed by atoms with Crippen molar-refractivity contribution in [1.29, 1.82) is 0 Å². The van der Waals surface area contributed by atoms with Crippen LogP contribution in [0.4, 0.5) is 0 Å². The Morgan fingerprint density at radius 2 is 1.96 bits per heavy atom. The molecule has 0 bridgehead atoms. The van der Waals surface area contributed by atoms with Crippen molar-refractivity contribution in [1.82, 2.24) is 0 Å². The largest absolute Gasteiger partial charge is 0.478 e. The SMILES string of the molecule is C/C=C(\C)C(=O)O.C=C(CCCC)C(=O)O.C=CC1=NCCO1. The van der Waals surface area contributed by atoms with E-state index in [1.165, 1.54) is 0 Å². The van der Waals surface area contributed by atoms with Crippen LogP contribution in [0.5, 0.6) is 0 Å². The van der Waals surface area contributed by atoms with Crippen LogP contribution in [0.2, 0.25) is 0 Å². The summed E-state index contributed by atoms with van der Waals surface area (Å²) in [5.41, 5.74) is 0.705. The van der Waals surface area contributed by atoms with Crippen molar-refractivity contribution in [3.05, 3.63) is 36.5 Å². The molecule has 0 aliphatic carbocycles. The average molecular weight is 325 g/mol. The van der Waals surface area contributed by atoms with E-state index < -0.39 is 11.9 Å². The first-order valence-corrected chi connectivity index (χ1v) is 7.37. The zero-order chi connectivity index (χ0) is 18.3. The molecular formula is C17H27NO5. The van der Waals surface area contributed by atoms with Crippen LogP contribution in [0, 0.1) is 0 Å². The van der Waals surface area contributed by atoms with Crippen molar-refractivity contribution in [2.45, 2.75) is 40.0 Å². The molecule has 130 valence electrons. The number of nitrogens with zero attached hydrogens (tertiary/aromatic N) is 1. The second-order valence-electron chi connectivity index (χ2n) is 4.56. The smallest absolute Gasteiger partial charge is 0.330 e. The first kappa shape index (κ1) is 22.9. The van der Waals surface area contributed by atoms with Crippen molar-refractivity contribution < 1.29 is 24.5 Å². The van der Waals surface area contributed by atoms with E-state index in [-0.39, 0.29) is 0 Å². The Morgan fingerprint density at radius 3 is 2.17 bits per heavy atom. The predicted molar refractivity (Wildman–Crippen MR) is 91.8 cm³/mol. The lowest BCUT2D eigenvalue weighted by molar-refractivity contribution is -0.133. The number of ether oxygens (including phenoxy) is 1. The number of aliphatic carboxylic acids is 2. The van der Waals surface area contributed by atoms with E-state index in [2.05, 4.69) is 18.2 Å². The lowest BCUT2D eigenvalue weighted by Crippen LogP contribution is -1.97. The summed E-state index contributed by atoms with van der Waals surface area (Å²) in [5.74, 6) is -1.04. The van der Waals surface area contributed by atoms with Gasteiger partial charge in [0.2, 0.25) is 5.90 Å². The Bertz CT molecular complexity index is 464. The molecule has 0 fully saturated rings. The van der Waals surface area contributed by atoms with E-state index in [1.54, 1.807) is 26.0 Å². The summed E-state index contributed by atoms with van der Waals surface area (Å²) >= 11 is 0. The van der Waals surface area contributed by atoms with E-state index in [4.69, 9.17) is 14.9 Å². The first-order valence-electron chi connectivity index (χ1n) is 7.37. The number of hydrogen-bond acceptors (Lipinski definition) is 4. The van der Waals surface area contributed by atoms with Gasteiger partial charge in [-0.1, -0.05) is 32.6 Å². The van der Waals surface area contributed by atoms with E-state index in [0.29, 0.717) is 23.5 Å². The standard InChI is InChI=1S/C7H12O2.C5H7NO.C5H8O2/c1-3-4-5-6(2)7(8)9;1-2-5-6-3-4-7-5;1-3-4(2)5(6)7/h2-5H2,1H3,(H,8,9);2H,1,3-4H2;3H,1-2H3,(H,6,7)/b;;4-3+. The third-order valence-electron chi connectivity index (χ3n) is 2.69. The molecule has 0 unspecified atom stereocenters. The quantitative estimate of drug-likeness (QED) is 0.729. The monoisotopic (exact) mass is 325 g/mol. The number of carboxylic acid groups (broad SMARTS) is 2. The number of aliphatic imine (C=N–C) groups is 1. The minimum absolute atomic E-state index is 0.317. The average Bonchev–Trinajstić information content (AvgIpc) is 3.06. The lowest BCUT2D eigenvalue weighted by Gasteiger charge is -1.95. The number of rotatable bonds is 6. The highest BCUT2D eigenvalue weighted by Gasteiger charge is 2.00. The highest BCUT2D eigenvalue weighted by molar-refractivity contribution is 5.88. The van der Waals surface area contributed by atoms with Crippen LogP contribution in [-0.2, 0) is 14.3 Å². The van der Waals surface area contributed by atoms with E-state index >= 15 is 0 Å². The van der Waals surface area contributed by atoms with Crippen LogP contribution in [0.15, 0.2) is 41.4 Å². The molecule has 0 aromatic heterocycles. The van der Waals surface area contributed by atoms with Gasteiger partial charge in [0.1, 0.15) is 6.61 Å². The second-order valence-corrected chi connectivity index (χ2v) is 4.56. The molecule has 1 rings (SSSR count). The molecule has 0 saturated heterocycles. The van der Waals surface area contributed by atoms with Crippen LogP contribution in [-0.4, -0.2) is 41.2 Å². The van der Waals surface area contributed by atoms with Crippen LogP contribution in [0.25, 0.3) is 0 Å². The van der Waals surface area contributed by atoms with Crippen molar-refractivity contribution in [2.75, 3.05) is 13.2 Å². The third kappa shape index (κ3) is 14.3. The van der Waals surface area contributed by atoms with Crippen LogP contribution < -0.4 is 0 Å². The zero-order valence-corrected chi connectivity index (χ0v) is 14.2. The minimum atomic E-state index is -0.872. The summed E-state index contributed by atoms with van der Waals surface area (Å²) in [6.45, 7) is 13.7. The molecule has 2 N–H and O–H groups in total. The van der Waals surface area contributed by atoms with Crippen molar-refractivity contribution >= 4 is 17.8 Å². The van der Waals surface area contributed by atoms with Gasteiger partial charge in [-0.05, 0) is 32.8 Å². The van der Waals surface area contributed by atoms with Crippen LogP contribution in [0.3, 0.4) is 0 Å². The Kier molecular flexibility index (Phi) is 14.5. The maximum atomic E-state index is 10.1. The number of carboxylic acids is 2. The molecule has 1 aliphatic rings. The summed E-state index contributed by atoms with van der Waals surface area (Å²) in [5, 5.41) is 16.4. The molecule has 6 heteroatoms. The summed E-state index contributed by atoms with van der Waals surface area (Å²) < 4.78 is 4.93. The molecule has 0 amide bonds. The fourth-order valence-electron chi connectivity index (χ4n) is 1.10. The topological polar surface area (TPSA) is 96.2 Å². The van der Waals surface area contributed by atoms with E-state index in [9.17, 15) is 9.59 Å². The Morgan fingerprint density at radius 1 is 1.35 bits per heavy atom. The van der Waals surface area contributed by atoms with Gasteiger partial charge in [-0.25, -0.2) is 14.6 Å². The van der Waals surface area contributed by atoms with Crippen molar-refractivity contribution in [3.8, 4) is 0 Å². The fourth-order valence-corrected chi connectivity index (χ4v) is 1.10. The normalized spacial score (nSPS) is 12.5. The van der Waals surface area contributed by atoms with Gasteiger partial charge in [0.25, 0.3) is 0 Å². The Hall–Kier alpha value is -2.37. The van der Waals surface area contributed by atoms with Gasteiger partial charge in [0.15, 0.2) is 0 Å². The number of carbonyl (C=O) groups is 2. The van der Waals surface area contributed by atoms with E-state index in [1.807, 2.05) is 6.92 Å². The van der Waals surface area contributed by atoms with Crippen LogP contribution >= 0.6 is 0 Å². The maximum Gasteiger partial charge on any atom is 0.330 e. The lowest BCUT2D eigenvalue weighted by atomic mass is 10.1. The second kappa shape index (κ2) is 14.6. The van der Waals surface area contributed by atoms with Crippen LogP contribution in [0.1, 0.15) is 40.0 Å². The van der Waals surface area contributed by atoms with Gasteiger partial charge in [-0.3, -0.25) is 0 Å². The molecule has 0 aromatic carbocycles. The van der Waals surface area contributed by atoms with Gasteiger partial charge < -0.3 is 14.9 Å². The summed E-state index contributed by atoms with van der Waals surface area (Å²) in [6.07, 6.45) is 5.73. The molecule has 0 aromatic rings. The summed E-state index contributed by atoms with van der Waals surface area (Å²) in [6, 6.07) is 0. The fraction of sp³-hybridized carbons (Fsp3) is 0.471. The molecule has 0 atom stereocenters. The molecule has 6 nitrogen and oxygen atoms in total. The highest BCUT2D eigenvalue weighted by Crippen LogP contribution is 2.03. The Labute approximate surface area is 137 Å². The number of unbranched alkanes of at least 4 members (excludes halogenated alkanes) is 1. The molecular weight excluding hydrogens is 298 g/mol. The molecule has 1 heterocycles. The van der Waals surface area contributed by atoms with Crippen molar-refractivity contribution in [2.24, 2.45) is 4.99 Å². The van der Waals surface area contributed by atoms with E-state index in [0.717, 1.165) is 26.0 Å². The van der Waals surface area contributed by atoms with Gasteiger partial charge >= 0.3 is 11.9 Å². The summed E-state index contributed by atoms with van der Waals surface area (Å²) in [7, 11) is 0. The van der Waals surface area contributed by atoms with Gasteiger partial charge in [0.05, 0.1) is 6.54 Å². The minimum Gasteiger partial charge on any atom is -0.478 e.